The number of rotatable bonds is 7. The number of hydrogen-bond donors (Lipinski definition) is 0. The number of allylic oxidation sites excluding steroid dienone is 2. The lowest BCUT2D eigenvalue weighted by Crippen LogP contribution is -2.31. The molecule has 3 atom stereocenters. The van der Waals surface area contributed by atoms with Crippen molar-refractivity contribution in [2.45, 2.75) is 57.4 Å². The highest BCUT2D eigenvalue weighted by atomic mass is 15.2. The Kier molecular flexibility index (Phi) is 9.58. The number of hydrogen-bond acceptors (Lipinski definition) is 4. The Balaban J connectivity index is 1.03. The SMILES string of the molecule is CC1C(C)(C)c2cccc(-c3ccccc3-c3cccc(N4c5c(ccc6c7ccccc7n(-c7nc(-c8ccccc8)nc(-c8cccc(-c9ccccc9)c8)n7)c56)C5C=CC=CC54)c3)c2C1(C)C. The summed E-state index contributed by atoms with van der Waals surface area (Å²) in [7, 11) is 0. The maximum atomic E-state index is 5.46. The molecule has 0 saturated heterocycles. The molecule has 2 aromatic heterocycles. The van der Waals surface area contributed by atoms with Crippen LogP contribution in [0.1, 0.15) is 57.2 Å². The van der Waals surface area contributed by atoms with E-state index >= 15 is 0 Å². The molecule has 1 aliphatic heterocycles. The summed E-state index contributed by atoms with van der Waals surface area (Å²) in [6.45, 7) is 12.1. The van der Waals surface area contributed by atoms with E-state index in [-0.39, 0.29) is 22.8 Å². The summed E-state index contributed by atoms with van der Waals surface area (Å²) in [6, 6.07) is 68.0. The number of nitrogens with zero attached hydrogens (tertiary/aromatic N) is 5. The van der Waals surface area contributed by atoms with Gasteiger partial charge in [-0.05, 0) is 91.1 Å². The fourth-order valence-electron chi connectivity index (χ4n) is 12.3. The second-order valence-corrected chi connectivity index (χ2v) is 20.5. The van der Waals surface area contributed by atoms with E-state index in [1.165, 1.54) is 44.6 Å². The van der Waals surface area contributed by atoms with Gasteiger partial charge in [-0.2, -0.15) is 9.97 Å². The third-order valence-electron chi connectivity index (χ3n) is 16.1. The van der Waals surface area contributed by atoms with Crippen LogP contribution in [-0.2, 0) is 10.8 Å². The Morgan fingerprint density at radius 2 is 1.10 bits per heavy atom. The lowest BCUT2D eigenvalue weighted by molar-refractivity contribution is 0.264. The van der Waals surface area contributed by atoms with Crippen molar-refractivity contribution in [3.8, 4) is 62.1 Å². The van der Waals surface area contributed by atoms with Gasteiger partial charge in [0.25, 0.3) is 0 Å². The standard InChI is InChI=1S/C65H53N5/c1-41-64(2,3)55-34-20-33-52(58(55)65(41,4)5)49-30-13-12-29-48(49)45-26-19-28-47(40-45)69-56-35-16-14-31-50(56)53-37-38-54-51-32-15-17-36-57(51)70(60(54)59(53)69)63-67-61(43-23-10-7-11-24-43)66-62(68-63)46-27-18-25-44(39-46)42-21-8-6-9-22-42/h6-41,50,56H,1-5H3. The number of aromatic nitrogens is 4. The van der Waals surface area contributed by atoms with Crippen molar-refractivity contribution in [1.82, 2.24) is 19.5 Å². The Bertz CT molecular complexity index is 3760. The Morgan fingerprint density at radius 1 is 0.471 bits per heavy atom. The van der Waals surface area contributed by atoms with Crippen LogP contribution in [0.5, 0.6) is 0 Å². The van der Waals surface area contributed by atoms with Gasteiger partial charge in [-0.15, -0.1) is 0 Å². The molecule has 8 aromatic carbocycles. The molecule has 3 aliphatic rings. The first-order valence-electron chi connectivity index (χ1n) is 24.7. The maximum Gasteiger partial charge on any atom is 0.238 e. The third kappa shape index (κ3) is 6.41. The summed E-state index contributed by atoms with van der Waals surface area (Å²) >= 11 is 0. The zero-order chi connectivity index (χ0) is 47.3. The van der Waals surface area contributed by atoms with E-state index in [0.29, 0.717) is 23.5 Å². The minimum Gasteiger partial charge on any atom is -0.332 e. The molecule has 3 heterocycles. The van der Waals surface area contributed by atoms with Crippen molar-refractivity contribution in [1.29, 1.82) is 0 Å². The fourth-order valence-corrected chi connectivity index (χ4v) is 12.3. The molecule has 13 rings (SSSR count). The lowest BCUT2D eigenvalue weighted by Gasteiger charge is -2.33. The van der Waals surface area contributed by atoms with Crippen LogP contribution in [0, 0.1) is 5.92 Å². The molecule has 70 heavy (non-hydrogen) atoms. The second kappa shape index (κ2) is 16.0. The molecule has 2 aliphatic carbocycles. The summed E-state index contributed by atoms with van der Waals surface area (Å²) in [4.78, 5) is 18.7. The van der Waals surface area contributed by atoms with Crippen LogP contribution < -0.4 is 4.90 Å². The number of benzene rings is 8. The summed E-state index contributed by atoms with van der Waals surface area (Å²) in [5.41, 5.74) is 17.8. The summed E-state index contributed by atoms with van der Waals surface area (Å²) < 4.78 is 2.30. The van der Waals surface area contributed by atoms with Crippen molar-refractivity contribution in [2.75, 3.05) is 4.90 Å². The summed E-state index contributed by atoms with van der Waals surface area (Å²) in [5.74, 6) is 2.44. The van der Waals surface area contributed by atoms with Crippen molar-refractivity contribution < 1.29 is 0 Å². The van der Waals surface area contributed by atoms with Gasteiger partial charge in [-0.1, -0.05) is 223 Å². The van der Waals surface area contributed by atoms with Crippen molar-refractivity contribution in [3.63, 3.8) is 0 Å². The van der Waals surface area contributed by atoms with E-state index in [1.54, 1.807) is 0 Å². The molecule has 0 fully saturated rings. The van der Waals surface area contributed by atoms with Crippen molar-refractivity contribution in [3.05, 3.63) is 229 Å². The highest BCUT2D eigenvalue weighted by Gasteiger charge is 2.49. The predicted molar refractivity (Wildman–Crippen MR) is 290 cm³/mol. The Morgan fingerprint density at radius 3 is 1.91 bits per heavy atom. The molecule has 0 N–H and O–H groups in total. The van der Waals surface area contributed by atoms with Gasteiger partial charge in [0.05, 0.1) is 22.8 Å². The van der Waals surface area contributed by atoms with E-state index < -0.39 is 0 Å². The topological polar surface area (TPSA) is 46.8 Å². The summed E-state index contributed by atoms with van der Waals surface area (Å²) in [5, 5.41) is 2.30. The van der Waals surface area contributed by atoms with E-state index in [4.69, 9.17) is 15.0 Å². The predicted octanol–water partition coefficient (Wildman–Crippen LogP) is 16.2. The largest absolute Gasteiger partial charge is 0.332 e. The molecule has 0 radical (unpaired) electrons. The molecule has 0 spiro atoms. The van der Waals surface area contributed by atoms with E-state index in [1.807, 2.05) is 18.2 Å². The van der Waals surface area contributed by atoms with Crippen molar-refractivity contribution in [2.24, 2.45) is 5.92 Å². The van der Waals surface area contributed by atoms with Crippen LogP contribution in [0.3, 0.4) is 0 Å². The number of para-hydroxylation sites is 1. The first-order valence-corrected chi connectivity index (χ1v) is 24.7. The molecule has 0 bridgehead atoms. The zero-order valence-electron chi connectivity index (χ0n) is 40.2. The van der Waals surface area contributed by atoms with Crippen molar-refractivity contribution >= 4 is 33.2 Å². The van der Waals surface area contributed by atoms with Gasteiger partial charge in [-0.25, -0.2) is 4.98 Å². The monoisotopic (exact) mass is 903 g/mol. The van der Waals surface area contributed by atoms with Gasteiger partial charge < -0.3 is 4.90 Å². The third-order valence-corrected chi connectivity index (χ3v) is 16.1. The molecule has 3 unspecified atom stereocenters. The smallest absolute Gasteiger partial charge is 0.238 e. The maximum absolute atomic E-state index is 5.46. The molecule has 10 aromatic rings. The highest BCUT2D eigenvalue weighted by Crippen LogP contribution is 2.57. The summed E-state index contributed by atoms with van der Waals surface area (Å²) in [6.07, 6.45) is 9.16. The van der Waals surface area contributed by atoms with Crippen LogP contribution in [0.15, 0.2) is 212 Å². The lowest BCUT2D eigenvalue weighted by atomic mass is 9.71. The first-order chi connectivity index (χ1) is 34.2. The molecule has 5 heteroatoms. The normalized spacial score (nSPS) is 18.3. The van der Waals surface area contributed by atoms with Crippen LogP contribution in [0.4, 0.5) is 11.4 Å². The minimum atomic E-state index is 0.0106. The molecule has 0 amide bonds. The average molecular weight is 904 g/mol. The van der Waals surface area contributed by atoms with Crippen LogP contribution in [0.2, 0.25) is 0 Å². The van der Waals surface area contributed by atoms with Gasteiger partial charge in [0.2, 0.25) is 5.95 Å². The minimum absolute atomic E-state index is 0.0106. The molecular formula is C65H53N5. The zero-order valence-corrected chi connectivity index (χ0v) is 40.2. The van der Waals surface area contributed by atoms with Gasteiger partial charge in [0.15, 0.2) is 11.6 Å². The quantitative estimate of drug-likeness (QED) is 0.160. The number of anilines is 2. The van der Waals surface area contributed by atoms with E-state index in [0.717, 1.165) is 49.7 Å². The number of fused-ring (bicyclic) bond motifs is 8. The average Bonchev–Trinajstić information content (AvgIpc) is 3.98. The molecule has 0 saturated carbocycles. The van der Waals surface area contributed by atoms with Crippen LogP contribution in [0.25, 0.3) is 83.9 Å². The van der Waals surface area contributed by atoms with Gasteiger partial charge >= 0.3 is 0 Å². The first kappa shape index (κ1) is 42.0. The van der Waals surface area contributed by atoms with Crippen LogP contribution in [-0.4, -0.2) is 25.6 Å². The fraction of sp³-hybridized carbons (Fsp3) is 0.154. The van der Waals surface area contributed by atoms with Gasteiger partial charge in [0.1, 0.15) is 0 Å². The van der Waals surface area contributed by atoms with Crippen LogP contribution >= 0.6 is 0 Å². The Hall–Kier alpha value is -8.15. The van der Waals surface area contributed by atoms with E-state index in [9.17, 15) is 0 Å². The molecule has 338 valence electrons. The Labute approximate surface area is 410 Å². The van der Waals surface area contributed by atoms with Gasteiger partial charge in [0, 0.05) is 33.5 Å². The molecular weight excluding hydrogens is 851 g/mol. The van der Waals surface area contributed by atoms with Gasteiger partial charge in [-0.3, -0.25) is 4.57 Å². The highest BCUT2D eigenvalue weighted by molar-refractivity contribution is 6.15. The van der Waals surface area contributed by atoms with E-state index in [2.05, 4.69) is 238 Å². The molecule has 5 nitrogen and oxygen atoms in total. The second-order valence-electron chi connectivity index (χ2n) is 20.5.